The van der Waals surface area contributed by atoms with E-state index in [9.17, 15) is 18.5 Å². The normalized spacial score (nSPS) is 16.9. The molecule has 2 aromatic rings. The van der Waals surface area contributed by atoms with Crippen LogP contribution in [0.3, 0.4) is 0 Å². The number of hydrazone groups is 1. The van der Waals surface area contributed by atoms with Gasteiger partial charge in [0.1, 0.15) is 4.90 Å². The Morgan fingerprint density at radius 2 is 1.87 bits per heavy atom. The second-order valence-electron chi connectivity index (χ2n) is 6.83. The fraction of sp³-hybridized carbons (Fsp3) is 0.316. The van der Waals surface area contributed by atoms with Gasteiger partial charge in [0.05, 0.1) is 29.5 Å². The lowest BCUT2D eigenvalue weighted by Crippen LogP contribution is -2.40. The van der Waals surface area contributed by atoms with Crippen molar-refractivity contribution < 1.29 is 27.6 Å². The van der Waals surface area contributed by atoms with Gasteiger partial charge in [-0.25, -0.2) is 8.42 Å². The number of hydrogen-bond acceptors (Lipinski definition) is 9. The van der Waals surface area contributed by atoms with Crippen LogP contribution in [0, 0.1) is 10.1 Å². The molecule has 0 atom stereocenters. The van der Waals surface area contributed by atoms with Gasteiger partial charge in [-0.15, -0.1) is 0 Å². The number of non-ortho nitro benzene ring substituents is 1. The number of morpholine rings is 1. The second-order valence-corrected chi connectivity index (χ2v) is 8.74. The molecule has 2 aromatic carbocycles. The summed E-state index contributed by atoms with van der Waals surface area (Å²) < 4.78 is 43.4. The number of benzene rings is 2. The Hall–Kier alpha value is -3.22. The van der Waals surface area contributed by atoms with E-state index >= 15 is 0 Å². The summed E-state index contributed by atoms with van der Waals surface area (Å²) >= 11 is 0. The van der Waals surface area contributed by atoms with Crippen molar-refractivity contribution in [2.24, 2.45) is 5.10 Å². The summed E-state index contributed by atoms with van der Waals surface area (Å²) in [6.07, 6.45) is 0. The lowest BCUT2D eigenvalue weighted by molar-refractivity contribution is -0.385. The predicted octanol–water partition coefficient (Wildman–Crippen LogP) is 2.18. The number of nitro groups is 1. The van der Waals surface area contributed by atoms with Crippen LogP contribution in [-0.2, 0) is 14.8 Å². The van der Waals surface area contributed by atoms with E-state index < -0.39 is 14.9 Å². The number of fused-ring (bicyclic) bond motifs is 1. The van der Waals surface area contributed by atoms with Gasteiger partial charge >= 0.3 is 0 Å². The molecule has 2 heterocycles. The topological polar surface area (TPSA) is 133 Å². The van der Waals surface area contributed by atoms with E-state index in [1.807, 2.05) is 0 Å². The van der Waals surface area contributed by atoms with E-state index in [0.29, 0.717) is 17.2 Å². The predicted molar refractivity (Wildman–Crippen MR) is 111 cm³/mol. The minimum absolute atomic E-state index is 0.136. The smallest absolute Gasteiger partial charge is 0.270 e. The number of nitrogens with zero attached hydrogens (tertiary/aromatic N) is 3. The van der Waals surface area contributed by atoms with Gasteiger partial charge in [-0.05, 0) is 31.2 Å². The molecule has 12 heteroatoms. The van der Waals surface area contributed by atoms with Gasteiger partial charge in [0.15, 0.2) is 11.5 Å². The van der Waals surface area contributed by atoms with E-state index in [-0.39, 0.29) is 49.4 Å². The minimum atomic E-state index is -3.99. The molecule has 0 aromatic heterocycles. The molecule has 164 valence electrons. The van der Waals surface area contributed by atoms with E-state index in [2.05, 4.69) is 10.5 Å². The standard InChI is InChI=1S/C19H20N4O7S/c1-13(14-2-5-17-18(10-14)30-12-29-17)20-21-16-4-3-15(23(24)25)11-19(16)31(26,27)22-6-8-28-9-7-22/h2-5,10-11,21H,6-9,12H2,1H3/b20-13-. The molecule has 2 aliphatic rings. The zero-order valence-corrected chi connectivity index (χ0v) is 17.4. The number of sulfonamides is 1. The van der Waals surface area contributed by atoms with Gasteiger partial charge in [-0.1, -0.05) is 0 Å². The Morgan fingerprint density at radius 1 is 1.13 bits per heavy atom. The van der Waals surface area contributed by atoms with Crippen LogP contribution in [0.1, 0.15) is 12.5 Å². The highest BCUT2D eigenvalue weighted by molar-refractivity contribution is 7.89. The van der Waals surface area contributed by atoms with E-state index in [1.54, 1.807) is 25.1 Å². The summed E-state index contributed by atoms with van der Waals surface area (Å²) in [7, 11) is -3.99. The molecule has 0 aliphatic carbocycles. The van der Waals surface area contributed by atoms with Crippen molar-refractivity contribution in [1.82, 2.24) is 4.31 Å². The Kier molecular flexibility index (Phi) is 5.76. The minimum Gasteiger partial charge on any atom is -0.454 e. The SMILES string of the molecule is C/C(=N/Nc1ccc([N+](=O)[O-])cc1S(=O)(=O)N1CCOCC1)c1ccc2c(c1)OCO2. The van der Waals surface area contributed by atoms with Crippen LogP contribution in [0.5, 0.6) is 11.5 Å². The second kappa shape index (κ2) is 8.49. The first-order chi connectivity index (χ1) is 14.9. The molecule has 31 heavy (non-hydrogen) atoms. The average Bonchev–Trinajstić information content (AvgIpc) is 3.25. The maximum Gasteiger partial charge on any atom is 0.270 e. The zero-order valence-electron chi connectivity index (χ0n) is 16.6. The lowest BCUT2D eigenvalue weighted by Gasteiger charge is -2.26. The van der Waals surface area contributed by atoms with Crippen molar-refractivity contribution in [2.45, 2.75) is 11.8 Å². The number of nitro benzene ring substituents is 1. The molecule has 2 aliphatic heterocycles. The van der Waals surface area contributed by atoms with Gasteiger partial charge < -0.3 is 14.2 Å². The van der Waals surface area contributed by atoms with Crippen molar-refractivity contribution in [1.29, 1.82) is 0 Å². The third-order valence-corrected chi connectivity index (χ3v) is 6.84. The first kappa shape index (κ1) is 21.0. The van der Waals surface area contributed by atoms with Crippen LogP contribution in [0.15, 0.2) is 46.4 Å². The summed E-state index contributed by atoms with van der Waals surface area (Å²) in [6, 6.07) is 8.93. The molecule has 1 saturated heterocycles. The molecule has 0 unspecified atom stereocenters. The van der Waals surface area contributed by atoms with Crippen molar-refractivity contribution in [2.75, 3.05) is 38.5 Å². The summed E-state index contributed by atoms with van der Waals surface area (Å²) in [5.41, 5.74) is 3.87. The number of nitrogens with one attached hydrogen (secondary N) is 1. The summed E-state index contributed by atoms with van der Waals surface area (Å²) in [4.78, 5) is 10.4. The maximum atomic E-state index is 13.2. The fourth-order valence-electron chi connectivity index (χ4n) is 3.19. The van der Waals surface area contributed by atoms with Crippen LogP contribution < -0.4 is 14.9 Å². The first-order valence-corrected chi connectivity index (χ1v) is 10.9. The largest absolute Gasteiger partial charge is 0.454 e. The quantitative estimate of drug-likeness (QED) is 0.404. The molecule has 0 saturated carbocycles. The molecular formula is C19H20N4O7S. The Labute approximate surface area is 178 Å². The van der Waals surface area contributed by atoms with Crippen molar-refractivity contribution >= 4 is 27.1 Å². The Bertz CT molecular complexity index is 1140. The van der Waals surface area contributed by atoms with Crippen LogP contribution in [0.4, 0.5) is 11.4 Å². The fourth-order valence-corrected chi connectivity index (χ4v) is 4.76. The highest BCUT2D eigenvalue weighted by Crippen LogP contribution is 2.33. The molecule has 0 radical (unpaired) electrons. The number of hydrogen-bond donors (Lipinski definition) is 1. The van der Waals surface area contributed by atoms with Crippen LogP contribution in [0.25, 0.3) is 0 Å². The summed E-state index contributed by atoms with van der Waals surface area (Å²) in [6.45, 7) is 2.76. The zero-order chi connectivity index (χ0) is 22.0. The van der Waals surface area contributed by atoms with Gasteiger partial charge in [0.25, 0.3) is 5.69 Å². The van der Waals surface area contributed by atoms with Crippen molar-refractivity contribution in [3.05, 3.63) is 52.1 Å². The Morgan fingerprint density at radius 3 is 2.61 bits per heavy atom. The van der Waals surface area contributed by atoms with Crippen LogP contribution in [0.2, 0.25) is 0 Å². The van der Waals surface area contributed by atoms with E-state index in [1.165, 1.54) is 16.4 Å². The molecular weight excluding hydrogens is 428 g/mol. The van der Waals surface area contributed by atoms with Gasteiger partial charge in [0, 0.05) is 30.8 Å². The lowest BCUT2D eigenvalue weighted by atomic mass is 10.1. The third-order valence-electron chi connectivity index (χ3n) is 4.90. The van der Waals surface area contributed by atoms with Crippen LogP contribution >= 0.6 is 0 Å². The molecule has 11 nitrogen and oxygen atoms in total. The van der Waals surface area contributed by atoms with Gasteiger partial charge in [-0.2, -0.15) is 9.41 Å². The molecule has 0 bridgehead atoms. The van der Waals surface area contributed by atoms with Crippen LogP contribution in [-0.4, -0.2) is 56.5 Å². The summed E-state index contributed by atoms with van der Waals surface area (Å²) in [5, 5.41) is 15.5. The third kappa shape index (κ3) is 4.31. The molecule has 4 rings (SSSR count). The number of anilines is 1. The molecule has 0 amide bonds. The summed E-state index contributed by atoms with van der Waals surface area (Å²) in [5.74, 6) is 1.23. The Balaban J connectivity index is 1.66. The number of ether oxygens (including phenoxy) is 3. The highest BCUT2D eigenvalue weighted by atomic mass is 32.2. The number of rotatable bonds is 6. The van der Waals surface area contributed by atoms with E-state index in [0.717, 1.165) is 11.6 Å². The first-order valence-electron chi connectivity index (χ1n) is 9.43. The monoisotopic (exact) mass is 448 g/mol. The van der Waals surface area contributed by atoms with Gasteiger partial charge in [-0.3, -0.25) is 15.5 Å². The van der Waals surface area contributed by atoms with Crippen molar-refractivity contribution in [3.63, 3.8) is 0 Å². The molecule has 1 N–H and O–H groups in total. The maximum absolute atomic E-state index is 13.2. The van der Waals surface area contributed by atoms with Gasteiger partial charge in [0.2, 0.25) is 16.8 Å². The molecule has 0 spiro atoms. The van der Waals surface area contributed by atoms with Crippen molar-refractivity contribution in [3.8, 4) is 11.5 Å². The highest BCUT2D eigenvalue weighted by Gasteiger charge is 2.30. The molecule has 1 fully saturated rings. The van der Waals surface area contributed by atoms with E-state index in [4.69, 9.17) is 14.2 Å². The average molecular weight is 448 g/mol.